The van der Waals surface area contributed by atoms with Gasteiger partial charge in [-0.3, -0.25) is 0 Å². The van der Waals surface area contributed by atoms with Crippen molar-refractivity contribution in [1.82, 2.24) is 4.98 Å². The molecule has 3 nitrogen and oxygen atoms in total. The van der Waals surface area contributed by atoms with Gasteiger partial charge in [0.2, 0.25) is 5.88 Å². The first-order chi connectivity index (χ1) is 8.97. The van der Waals surface area contributed by atoms with Crippen molar-refractivity contribution in [2.75, 3.05) is 0 Å². The molecule has 1 unspecified atom stereocenters. The van der Waals surface area contributed by atoms with Gasteiger partial charge in [-0.05, 0) is 49.6 Å². The monoisotopic (exact) mass is 276 g/mol. The fraction of sp³-hybridized carbons (Fsp3) is 0.267. The zero-order valence-electron chi connectivity index (χ0n) is 11.3. The molecule has 0 aliphatic rings. The summed E-state index contributed by atoms with van der Waals surface area (Å²) >= 11 is 6.00. The Balaban J connectivity index is 2.26. The molecule has 19 heavy (non-hydrogen) atoms. The highest BCUT2D eigenvalue weighted by atomic mass is 35.5. The molecule has 0 radical (unpaired) electrons. The van der Waals surface area contributed by atoms with E-state index < -0.39 is 0 Å². The molecule has 1 aromatic heterocycles. The number of nitrogens with two attached hydrogens (primary N) is 1. The van der Waals surface area contributed by atoms with E-state index in [1.54, 1.807) is 6.20 Å². The van der Waals surface area contributed by atoms with Gasteiger partial charge in [-0.15, -0.1) is 0 Å². The Kier molecular flexibility index (Phi) is 4.08. The van der Waals surface area contributed by atoms with Crippen LogP contribution in [0.5, 0.6) is 11.6 Å². The van der Waals surface area contributed by atoms with Crippen molar-refractivity contribution >= 4 is 11.6 Å². The SMILES string of the molecule is Cc1cc(Cl)cc(C)c1Oc1ccc(C(C)N)cn1. The molecular formula is C15H17ClN2O. The standard InChI is InChI=1S/C15H17ClN2O/c1-9-6-13(16)7-10(2)15(9)19-14-5-4-12(8-18-14)11(3)17/h4-8,11H,17H2,1-3H3. The summed E-state index contributed by atoms with van der Waals surface area (Å²) in [5.41, 5.74) is 8.75. The molecule has 0 bridgehead atoms. The van der Waals surface area contributed by atoms with Gasteiger partial charge in [0.05, 0.1) is 0 Å². The minimum atomic E-state index is -0.0273. The van der Waals surface area contributed by atoms with E-state index >= 15 is 0 Å². The van der Waals surface area contributed by atoms with Crippen molar-refractivity contribution in [1.29, 1.82) is 0 Å². The van der Waals surface area contributed by atoms with Crippen LogP contribution in [0.15, 0.2) is 30.5 Å². The van der Waals surface area contributed by atoms with Crippen LogP contribution in [0.2, 0.25) is 5.02 Å². The molecule has 1 aromatic carbocycles. The maximum Gasteiger partial charge on any atom is 0.219 e. The number of aromatic nitrogens is 1. The third kappa shape index (κ3) is 3.25. The summed E-state index contributed by atoms with van der Waals surface area (Å²) < 4.78 is 5.82. The van der Waals surface area contributed by atoms with Crippen LogP contribution < -0.4 is 10.5 Å². The highest BCUT2D eigenvalue weighted by Gasteiger charge is 2.08. The number of pyridine rings is 1. The highest BCUT2D eigenvalue weighted by molar-refractivity contribution is 6.30. The van der Waals surface area contributed by atoms with E-state index in [0.29, 0.717) is 10.9 Å². The van der Waals surface area contributed by atoms with Crippen molar-refractivity contribution in [2.45, 2.75) is 26.8 Å². The third-order valence-corrected chi connectivity index (χ3v) is 3.13. The minimum Gasteiger partial charge on any atom is -0.438 e. The summed E-state index contributed by atoms with van der Waals surface area (Å²) in [5.74, 6) is 1.35. The highest BCUT2D eigenvalue weighted by Crippen LogP contribution is 2.30. The molecule has 0 saturated heterocycles. The lowest BCUT2D eigenvalue weighted by Crippen LogP contribution is -2.05. The fourth-order valence-corrected chi connectivity index (χ4v) is 2.21. The van der Waals surface area contributed by atoms with Crippen LogP contribution in [-0.4, -0.2) is 4.98 Å². The molecule has 100 valence electrons. The molecular weight excluding hydrogens is 260 g/mol. The van der Waals surface area contributed by atoms with Gasteiger partial charge in [0.1, 0.15) is 5.75 Å². The average Bonchev–Trinajstić information content (AvgIpc) is 2.34. The number of ether oxygens (including phenoxy) is 1. The quantitative estimate of drug-likeness (QED) is 0.915. The third-order valence-electron chi connectivity index (χ3n) is 2.92. The van der Waals surface area contributed by atoms with Gasteiger partial charge < -0.3 is 10.5 Å². The van der Waals surface area contributed by atoms with Crippen LogP contribution >= 0.6 is 11.6 Å². The van der Waals surface area contributed by atoms with Gasteiger partial charge in [-0.1, -0.05) is 17.7 Å². The van der Waals surface area contributed by atoms with Gasteiger partial charge in [0, 0.05) is 23.3 Å². The number of aryl methyl sites for hydroxylation is 2. The first-order valence-corrected chi connectivity index (χ1v) is 6.51. The molecule has 0 saturated carbocycles. The van der Waals surface area contributed by atoms with Crippen LogP contribution in [0.25, 0.3) is 0 Å². The Bertz CT molecular complexity index is 556. The summed E-state index contributed by atoms with van der Waals surface area (Å²) in [6.07, 6.45) is 1.74. The Morgan fingerprint density at radius 2 is 1.84 bits per heavy atom. The Hall–Kier alpha value is -1.58. The Labute approximate surface area is 118 Å². The number of hydrogen-bond donors (Lipinski definition) is 1. The van der Waals surface area contributed by atoms with E-state index in [-0.39, 0.29) is 6.04 Å². The Morgan fingerprint density at radius 3 is 2.32 bits per heavy atom. The predicted octanol–water partition coefficient (Wildman–Crippen LogP) is 4.16. The van der Waals surface area contributed by atoms with Gasteiger partial charge >= 0.3 is 0 Å². The number of nitrogens with zero attached hydrogens (tertiary/aromatic N) is 1. The van der Waals surface area contributed by atoms with E-state index in [9.17, 15) is 0 Å². The van der Waals surface area contributed by atoms with Gasteiger partial charge in [0.25, 0.3) is 0 Å². The van der Waals surface area contributed by atoms with Crippen LogP contribution in [0.4, 0.5) is 0 Å². The summed E-state index contributed by atoms with van der Waals surface area (Å²) in [5, 5.41) is 0.711. The summed E-state index contributed by atoms with van der Waals surface area (Å²) in [4.78, 5) is 4.26. The molecule has 0 fully saturated rings. The zero-order valence-corrected chi connectivity index (χ0v) is 12.0. The maximum atomic E-state index is 6.00. The molecule has 0 aliphatic carbocycles. The van der Waals surface area contributed by atoms with Crippen LogP contribution in [0, 0.1) is 13.8 Å². The lowest BCUT2D eigenvalue weighted by Gasteiger charge is -2.12. The number of rotatable bonds is 3. The van der Waals surface area contributed by atoms with Crippen LogP contribution in [0.1, 0.15) is 29.7 Å². The van der Waals surface area contributed by atoms with Crippen molar-refractivity contribution in [3.05, 3.63) is 52.2 Å². The second-order valence-electron chi connectivity index (χ2n) is 4.69. The zero-order chi connectivity index (χ0) is 14.0. The van der Waals surface area contributed by atoms with E-state index in [4.69, 9.17) is 22.1 Å². The summed E-state index contributed by atoms with van der Waals surface area (Å²) in [7, 11) is 0. The van der Waals surface area contributed by atoms with Gasteiger partial charge in [0.15, 0.2) is 0 Å². The smallest absolute Gasteiger partial charge is 0.219 e. The number of benzene rings is 1. The topological polar surface area (TPSA) is 48.1 Å². The van der Waals surface area contributed by atoms with Gasteiger partial charge in [-0.25, -0.2) is 4.98 Å². The number of hydrogen-bond acceptors (Lipinski definition) is 3. The van der Waals surface area contributed by atoms with Gasteiger partial charge in [-0.2, -0.15) is 0 Å². The van der Waals surface area contributed by atoms with Crippen molar-refractivity contribution in [3.8, 4) is 11.6 Å². The van der Waals surface area contributed by atoms with Crippen molar-refractivity contribution in [2.24, 2.45) is 5.73 Å². The van der Waals surface area contributed by atoms with Crippen LogP contribution in [0.3, 0.4) is 0 Å². The summed E-state index contributed by atoms with van der Waals surface area (Å²) in [6, 6.07) is 7.47. The molecule has 0 spiro atoms. The van der Waals surface area contributed by atoms with Crippen molar-refractivity contribution in [3.63, 3.8) is 0 Å². The second kappa shape index (κ2) is 5.59. The molecule has 4 heteroatoms. The molecule has 0 amide bonds. The number of halogens is 1. The van der Waals surface area contributed by atoms with E-state index in [1.807, 2.05) is 45.0 Å². The predicted molar refractivity (Wildman–Crippen MR) is 77.8 cm³/mol. The first kappa shape index (κ1) is 13.8. The average molecular weight is 277 g/mol. The fourth-order valence-electron chi connectivity index (χ4n) is 1.88. The first-order valence-electron chi connectivity index (χ1n) is 6.13. The normalized spacial score (nSPS) is 12.3. The van der Waals surface area contributed by atoms with E-state index in [1.165, 1.54) is 0 Å². The van der Waals surface area contributed by atoms with E-state index in [0.717, 1.165) is 22.4 Å². The lowest BCUT2D eigenvalue weighted by molar-refractivity contribution is 0.455. The molecule has 0 aliphatic heterocycles. The van der Waals surface area contributed by atoms with Crippen LogP contribution in [-0.2, 0) is 0 Å². The van der Waals surface area contributed by atoms with E-state index in [2.05, 4.69) is 4.98 Å². The molecule has 2 rings (SSSR count). The largest absolute Gasteiger partial charge is 0.438 e. The Morgan fingerprint density at radius 1 is 1.21 bits per heavy atom. The molecule has 2 N–H and O–H groups in total. The molecule has 2 aromatic rings. The molecule has 1 atom stereocenters. The lowest BCUT2D eigenvalue weighted by atomic mass is 10.1. The minimum absolute atomic E-state index is 0.0273. The molecule has 1 heterocycles. The second-order valence-corrected chi connectivity index (χ2v) is 5.13. The summed E-state index contributed by atoms with van der Waals surface area (Å²) in [6.45, 7) is 5.85. The maximum absolute atomic E-state index is 6.00. The van der Waals surface area contributed by atoms with Crippen molar-refractivity contribution < 1.29 is 4.74 Å².